The van der Waals surface area contributed by atoms with Crippen LogP contribution in [-0.4, -0.2) is 11.7 Å². The molecule has 0 saturated heterocycles. The number of halogens is 1. The van der Waals surface area contributed by atoms with Crippen molar-refractivity contribution in [3.8, 4) is 0 Å². The van der Waals surface area contributed by atoms with Crippen LogP contribution in [0.2, 0.25) is 5.02 Å². The number of thiophene rings is 1. The number of benzene rings is 1. The molecule has 74 valence electrons. The van der Waals surface area contributed by atoms with Crippen LogP contribution in [0.15, 0.2) is 24.3 Å². The number of fused-ring (bicyclic) bond motifs is 1. The van der Waals surface area contributed by atoms with Gasteiger partial charge in [-0.05, 0) is 6.07 Å². The summed E-state index contributed by atoms with van der Waals surface area (Å²) in [7, 11) is 0. The van der Waals surface area contributed by atoms with Crippen LogP contribution in [-0.2, 0) is 0 Å². The van der Waals surface area contributed by atoms with Crippen LogP contribution >= 0.6 is 22.9 Å². The van der Waals surface area contributed by atoms with E-state index < -0.39 is 0 Å². The van der Waals surface area contributed by atoms with Crippen LogP contribution < -0.4 is 5.73 Å². The summed E-state index contributed by atoms with van der Waals surface area (Å²) in [4.78, 5) is 0.857. The second-order valence-corrected chi connectivity index (χ2v) is 4.53. The van der Waals surface area contributed by atoms with Crippen LogP contribution in [0.25, 0.3) is 10.1 Å². The van der Waals surface area contributed by atoms with E-state index in [2.05, 4.69) is 0 Å². The first-order valence-corrected chi connectivity index (χ1v) is 5.47. The molecule has 1 aromatic carbocycles. The minimum absolute atomic E-state index is 0.0768. The summed E-state index contributed by atoms with van der Waals surface area (Å²) in [6.07, 6.45) is 0. The van der Waals surface area contributed by atoms with Gasteiger partial charge in [0.2, 0.25) is 0 Å². The standard InChI is InChI=1S/C10H10ClNOS/c11-9-6-3-1-2-4-8(6)14-10(9)7(12)5-13/h1-4,7,13H,5,12H2/t7-/m1/s1. The Balaban J connectivity index is 2.62. The summed E-state index contributed by atoms with van der Waals surface area (Å²) in [5, 5.41) is 10.6. The summed E-state index contributed by atoms with van der Waals surface area (Å²) >= 11 is 7.69. The second kappa shape index (κ2) is 3.87. The molecule has 1 atom stereocenters. The minimum atomic E-state index is -0.375. The van der Waals surface area contributed by atoms with Crippen LogP contribution in [0.4, 0.5) is 0 Å². The van der Waals surface area contributed by atoms with Crippen molar-refractivity contribution < 1.29 is 5.11 Å². The zero-order valence-corrected chi connectivity index (χ0v) is 8.98. The zero-order valence-electron chi connectivity index (χ0n) is 7.40. The first-order valence-electron chi connectivity index (χ1n) is 4.27. The predicted octanol–water partition coefficient (Wildman–Crippen LogP) is 2.55. The minimum Gasteiger partial charge on any atom is -0.394 e. The van der Waals surface area contributed by atoms with Gasteiger partial charge < -0.3 is 10.8 Å². The molecule has 0 radical (unpaired) electrons. The van der Waals surface area contributed by atoms with Gasteiger partial charge in [0.1, 0.15) is 0 Å². The van der Waals surface area contributed by atoms with Gasteiger partial charge in [-0.3, -0.25) is 0 Å². The molecule has 1 heterocycles. The number of aliphatic hydroxyl groups excluding tert-OH is 1. The van der Waals surface area contributed by atoms with Gasteiger partial charge in [-0.2, -0.15) is 0 Å². The van der Waals surface area contributed by atoms with Crippen LogP contribution in [0, 0.1) is 0 Å². The normalized spacial score (nSPS) is 13.4. The summed E-state index contributed by atoms with van der Waals surface area (Å²) in [5.74, 6) is 0. The highest BCUT2D eigenvalue weighted by Crippen LogP contribution is 2.37. The van der Waals surface area contributed by atoms with E-state index in [0.717, 1.165) is 15.0 Å². The smallest absolute Gasteiger partial charge is 0.0640 e. The van der Waals surface area contributed by atoms with Gasteiger partial charge >= 0.3 is 0 Å². The maximum atomic E-state index is 8.96. The van der Waals surface area contributed by atoms with Gasteiger partial charge in [0.05, 0.1) is 17.7 Å². The molecule has 2 aromatic rings. The lowest BCUT2D eigenvalue weighted by atomic mass is 10.2. The average molecular weight is 228 g/mol. The SMILES string of the molecule is N[C@H](CO)c1sc2ccccc2c1Cl. The fourth-order valence-corrected chi connectivity index (χ4v) is 2.92. The first kappa shape index (κ1) is 9.93. The van der Waals surface area contributed by atoms with Crippen molar-refractivity contribution in [2.75, 3.05) is 6.61 Å². The highest BCUT2D eigenvalue weighted by Gasteiger charge is 2.14. The molecular weight excluding hydrogens is 218 g/mol. The number of aliphatic hydroxyl groups is 1. The highest BCUT2D eigenvalue weighted by atomic mass is 35.5. The second-order valence-electron chi connectivity index (χ2n) is 3.07. The Morgan fingerprint density at radius 2 is 2.14 bits per heavy atom. The van der Waals surface area contributed by atoms with E-state index in [9.17, 15) is 0 Å². The molecule has 2 nitrogen and oxygen atoms in total. The summed E-state index contributed by atoms with van der Waals surface area (Å²) in [5.41, 5.74) is 5.73. The molecule has 0 aliphatic heterocycles. The van der Waals surface area contributed by atoms with Gasteiger partial charge in [0.15, 0.2) is 0 Å². The molecule has 0 unspecified atom stereocenters. The highest BCUT2D eigenvalue weighted by molar-refractivity contribution is 7.19. The third-order valence-corrected chi connectivity index (χ3v) is 3.92. The Labute approximate surface area is 90.9 Å². The van der Waals surface area contributed by atoms with Crippen molar-refractivity contribution in [3.63, 3.8) is 0 Å². The van der Waals surface area contributed by atoms with Gasteiger partial charge in [-0.1, -0.05) is 29.8 Å². The van der Waals surface area contributed by atoms with E-state index in [1.807, 2.05) is 24.3 Å². The van der Waals surface area contributed by atoms with Crippen LogP contribution in [0.3, 0.4) is 0 Å². The third kappa shape index (κ3) is 1.53. The van der Waals surface area contributed by atoms with E-state index >= 15 is 0 Å². The third-order valence-electron chi connectivity index (χ3n) is 2.09. The molecule has 3 N–H and O–H groups in total. The van der Waals surface area contributed by atoms with Crippen molar-refractivity contribution in [1.82, 2.24) is 0 Å². The molecule has 0 fully saturated rings. The van der Waals surface area contributed by atoms with E-state index in [1.165, 1.54) is 11.3 Å². The van der Waals surface area contributed by atoms with Gasteiger partial charge in [-0.15, -0.1) is 11.3 Å². The average Bonchev–Trinajstić information content (AvgIpc) is 2.56. The molecule has 0 saturated carbocycles. The van der Waals surface area contributed by atoms with Crippen LogP contribution in [0.5, 0.6) is 0 Å². The monoisotopic (exact) mass is 227 g/mol. The molecule has 0 aliphatic carbocycles. The largest absolute Gasteiger partial charge is 0.394 e. The molecule has 0 bridgehead atoms. The quantitative estimate of drug-likeness (QED) is 0.828. The van der Waals surface area contributed by atoms with Crippen LogP contribution in [0.1, 0.15) is 10.9 Å². The van der Waals surface area contributed by atoms with Crippen molar-refractivity contribution in [2.24, 2.45) is 5.73 Å². The number of hydrogen-bond acceptors (Lipinski definition) is 3. The Morgan fingerprint density at radius 1 is 1.43 bits per heavy atom. The summed E-state index contributed by atoms with van der Waals surface area (Å²) in [6.45, 7) is -0.0768. The van der Waals surface area contributed by atoms with Crippen molar-refractivity contribution in [2.45, 2.75) is 6.04 Å². The number of rotatable bonds is 2. The molecular formula is C10H10ClNOS. The van der Waals surface area contributed by atoms with Crippen molar-refractivity contribution >= 4 is 33.0 Å². The summed E-state index contributed by atoms with van der Waals surface area (Å²) in [6, 6.07) is 7.49. The molecule has 2 rings (SSSR count). The predicted molar refractivity (Wildman–Crippen MR) is 60.8 cm³/mol. The lowest BCUT2D eigenvalue weighted by molar-refractivity contribution is 0.269. The first-order chi connectivity index (χ1) is 6.74. The Hall–Kier alpha value is -0.610. The van der Waals surface area contributed by atoms with Gasteiger partial charge in [0, 0.05) is 15.0 Å². The topological polar surface area (TPSA) is 46.2 Å². The lowest BCUT2D eigenvalue weighted by Crippen LogP contribution is -2.13. The molecule has 0 amide bonds. The number of nitrogens with two attached hydrogens (primary N) is 1. The Kier molecular flexibility index (Phi) is 2.74. The maximum absolute atomic E-state index is 8.96. The van der Waals surface area contributed by atoms with E-state index in [0.29, 0.717) is 5.02 Å². The zero-order chi connectivity index (χ0) is 10.1. The van der Waals surface area contributed by atoms with Gasteiger partial charge in [0.25, 0.3) is 0 Å². The van der Waals surface area contributed by atoms with E-state index in [1.54, 1.807) is 0 Å². The molecule has 1 aromatic heterocycles. The molecule has 4 heteroatoms. The maximum Gasteiger partial charge on any atom is 0.0640 e. The fourth-order valence-electron chi connectivity index (χ4n) is 1.35. The fraction of sp³-hybridized carbons (Fsp3) is 0.200. The number of hydrogen-bond donors (Lipinski definition) is 2. The Bertz CT molecular complexity index is 454. The van der Waals surface area contributed by atoms with Gasteiger partial charge in [-0.25, -0.2) is 0 Å². The molecule has 14 heavy (non-hydrogen) atoms. The molecule has 0 aliphatic rings. The summed E-state index contributed by atoms with van der Waals surface area (Å²) < 4.78 is 1.11. The lowest BCUT2D eigenvalue weighted by Gasteiger charge is -2.04. The van der Waals surface area contributed by atoms with E-state index in [4.69, 9.17) is 22.4 Å². The van der Waals surface area contributed by atoms with Crippen molar-refractivity contribution in [3.05, 3.63) is 34.2 Å². The van der Waals surface area contributed by atoms with E-state index in [-0.39, 0.29) is 12.6 Å². The van der Waals surface area contributed by atoms with Crippen molar-refractivity contribution in [1.29, 1.82) is 0 Å². The molecule has 0 spiro atoms. The Morgan fingerprint density at radius 3 is 2.79 bits per heavy atom.